The van der Waals surface area contributed by atoms with E-state index in [4.69, 9.17) is 16.3 Å². The van der Waals surface area contributed by atoms with E-state index < -0.39 is 0 Å². The Bertz CT molecular complexity index is 368. The largest absolute Gasteiger partial charge is 0.380 e. The van der Waals surface area contributed by atoms with E-state index in [9.17, 15) is 4.79 Å². The normalized spacial score (nSPS) is 10.3. The van der Waals surface area contributed by atoms with Gasteiger partial charge in [0.1, 0.15) is 5.88 Å². The molecule has 0 radical (unpaired) electrons. The first-order valence-electron chi connectivity index (χ1n) is 5.70. The predicted molar refractivity (Wildman–Crippen MR) is 70.7 cm³/mol. The molecule has 0 aromatic heterocycles. The van der Waals surface area contributed by atoms with Gasteiger partial charge in [-0.15, -0.1) is 11.6 Å². The Balaban J connectivity index is 2.82. The van der Waals surface area contributed by atoms with Crippen LogP contribution in [-0.4, -0.2) is 31.5 Å². The zero-order valence-corrected chi connectivity index (χ0v) is 11.0. The fourth-order valence-electron chi connectivity index (χ4n) is 1.62. The first-order valence-corrected chi connectivity index (χ1v) is 6.23. The van der Waals surface area contributed by atoms with Gasteiger partial charge >= 0.3 is 0 Å². The summed E-state index contributed by atoms with van der Waals surface area (Å²) >= 11 is 5.63. The summed E-state index contributed by atoms with van der Waals surface area (Å²) < 4.78 is 5.28. The molecule has 3 nitrogen and oxygen atoms in total. The van der Waals surface area contributed by atoms with Crippen molar-refractivity contribution in [2.24, 2.45) is 0 Å². The standard InChI is InChI=1S/C13H18ClNO2/c1-3-17-9-8-15(13(16)10-14)12-7-5-4-6-11(12)2/h4-7H,3,8-10H2,1-2H3. The van der Waals surface area contributed by atoms with Crippen molar-refractivity contribution < 1.29 is 9.53 Å². The average molecular weight is 256 g/mol. The summed E-state index contributed by atoms with van der Waals surface area (Å²) in [6.07, 6.45) is 0. The van der Waals surface area contributed by atoms with E-state index in [2.05, 4.69) is 0 Å². The van der Waals surface area contributed by atoms with Gasteiger partial charge in [0.25, 0.3) is 0 Å². The fraction of sp³-hybridized carbons (Fsp3) is 0.462. The molecule has 17 heavy (non-hydrogen) atoms. The summed E-state index contributed by atoms with van der Waals surface area (Å²) in [5.74, 6) is -0.110. The highest BCUT2D eigenvalue weighted by Crippen LogP contribution is 2.19. The second-order valence-corrected chi connectivity index (χ2v) is 3.93. The molecular weight excluding hydrogens is 238 g/mol. The number of carbonyl (C=O) groups excluding carboxylic acids is 1. The third kappa shape index (κ3) is 4.02. The third-order valence-corrected chi connectivity index (χ3v) is 2.71. The Kier molecular flexibility index (Phi) is 6.01. The van der Waals surface area contributed by atoms with Gasteiger partial charge in [-0.3, -0.25) is 4.79 Å². The molecule has 4 heteroatoms. The molecule has 1 rings (SSSR count). The van der Waals surface area contributed by atoms with Crippen LogP contribution in [0.1, 0.15) is 12.5 Å². The summed E-state index contributed by atoms with van der Waals surface area (Å²) in [5.41, 5.74) is 1.96. The van der Waals surface area contributed by atoms with E-state index >= 15 is 0 Å². The van der Waals surface area contributed by atoms with Gasteiger partial charge in [0.05, 0.1) is 6.61 Å². The van der Waals surface area contributed by atoms with Crippen molar-refractivity contribution in [2.75, 3.05) is 30.5 Å². The minimum absolute atomic E-state index is 0.0134. The summed E-state index contributed by atoms with van der Waals surface area (Å²) in [6, 6.07) is 7.76. The van der Waals surface area contributed by atoms with E-state index in [1.54, 1.807) is 4.90 Å². The summed E-state index contributed by atoms with van der Waals surface area (Å²) in [4.78, 5) is 13.5. The van der Waals surface area contributed by atoms with E-state index in [-0.39, 0.29) is 11.8 Å². The SMILES string of the molecule is CCOCCN(C(=O)CCl)c1ccccc1C. The fourth-order valence-corrected chi connectivity index (χ4v) is 1.76. The van der Waals surface area contributed by atoms with Gasteiger partial charge < -0.3 is 9.64 Å². The van der Waals surface area contributed by atoms with Gasteiger partial charge in [0.15, 0.2) is 0 Å². The molecule has 94 valence electrons. The number of rotatable bonds is 6. The van der Waals surface area contributed by atoms with Crippen molar-refractivity contribution in [3.63, 3.8) is 0 Å². The quantitative estimate of drug-likeness (QED) is 0.578. The highest BCUT2D eigenvalue weighted by atomic mass is 35.5. The molecule has 0 aliphatic heterocycles. The second-order valence-electron chi connectivity index (χ2n) is 3.66. The minimum Gasteiger partial charge on any atom is -0.380 e. The Morgan fingerprint density at radius 3 is 2.71 bits per heavy atom. The minimum atomic E-state index is -0.0966. The molecule has 0 saturated heterocycles. The maximum Gasteiger partial charge on any atom is 0.241 e. The molecule has 1 aromatic carbocycles. The topological polar surface area (TPSA) is 29.5 Å². The molecule has 1 amide bonds. The molecule has 0 saturated carbocycles. The van der Waals surface area contributed by atoms with Gasteiger partial charge in [-0.25, -0.2) is 0 Å². The molecule has 0 aliphatic carbocycles. The number of ether oxygens (including phenoxy) is 1. The van der Waals surface area contributed by atoms with Gasteiger partial charge in [0, 0.05) is 18.8 Å². The van der Waals surface area contributed by atoms with Gasteiger partial charge in [-0.2, -0.15) is 0 Å². The lowest BCUT2D eigenvalue weighted by atomic mass is 10.2. The smallest absolute Gasteiger partial charge is 0.241 e. The number of hydrogen-bond acceptors (Lipinski definition) is 2. The number of alkyl halides is 1. The Morgan fingerprint density at radius 1 is 1.41 bits per heavy atom. The summed E-state index contributed by atoms with van der Waals surface area (Å²) in [6.45, 7) is 5.61. The highest BCUT2D eigenvalue weighted by Gasteiger charge is 2.15. The Hall–Kier alpha value is -1.06. The summed E-state index contributed by atoms with van der Waals surface area (Å²) in [5, 5.41) is 0. The first kappa shape index (κ1) is 14.0. The number of nitrogens with zero attached hydrogens (tertiary/aromatic N) is 1. The number of halogens is 1. The van der Waals surface area contributed by atoms with Crippen molar-refractivity contribution >= 4 is 23.2 Å². The lowest BCUT2D eigenvalue weighted by Crippen LogP contribution is -2.35. The Labute approximate surface area is 107 Å². The van der Waals surface area contributed by atoms with Crippen molar-refractivity contribution in [1.29, 1.82) is 0 Å². The molecule has 0 spiro atoms. The van der Waals surface area contributed by atoms with Crippen LogP contribution in [0, 0.1) is 6.92 Å². The predicted octanol–water partition coefficient (Wildman–Crippen LogP) is 2.60. The molecule has 0 bridgehead atoms. The maximum absolute atomic E-state index is 11.8. The molecule has 0 atom stereocenters. The molecule has 1 aromatic rings. The van der Waals surface area contributed by atoms with Gasteiger partial charge in [0.2, 0.25) is 5.91 Å². The van der Waals surface area contributed by atoms with E-state index in [0.717, 1.165) is 11.3 Å². The van der Waals surface area contributed by atoms with E-state index in [1.807, 2.05) is 38.1 Å². The van der Waals surface area contributed by atoms with Crippen molar-refractivity contribution in [3.05, 3.63) is 29.8 Å². The highest BCUT2D eigenvalue weighted by molar-refractivity contribution is 6.29. The van der Waals surface area contributed by atoms with Crippen LogP contribution in [0.25, 0.3) is 0 Å². The van der Waals surface area contributed by atoms with E-state index in [0.29, 0.717) is 19.8 Å². The lowest BCUT2D eigenvalue weighted by Gasteiger charge is -2.23. The number of aryl methyl sites for hydroxylation is 1. The zero-order chi connectivity index (χ0) is 12.7. The van der Waals surface area contributed by atoms with Crippen LogP contribution in [0.5, 0.6) is 0 Å². The van der Waals surface area contributed by atoms with Crippen LogP contribution >= 0.6 is 11.6 Å². The van der Waals surface area contributed by atoms with Crippen LogP contribution < -0.4 is 4.90 Å². The lowest BCUT2D eigenvalue weighted by molar-refractivity contribution is -0.116. The summed E-state index contributed by atoms with van der Waals surface area (Å²) in [7, 11) is 0. The number of benzene rings is 1. The van der Waals surface area contributed by atoms with Crippen LogP contribution in [0.4, 0.5) is 5.69 Å². The first-order chi connectivity index (χ1) is 8.20. The molecular formula is C13H18ClNO2. The van der Waals surface area contributed by atoms with Crippen molar-refractivity contribution in [1.82, 2.24) is 0 Å². The van der Waals surface area contributed by atoms with Crippen LogP contribution in [0.2, 0.25) is 0 Å². The molecule has 0 fully saturated rings. The van der Waals surface area contributed by atoms with Crippen molar-refractivity contribution in [3.8, 4) is 0 Å². The van der Waals surface area contributed by atoms with Crippen molar-refractivity contribution in [2.45, 2.75) is 13.8 Å². The number of carbonyl (C=O) groups is 1. The monoisotopic (exact) mass is 255 g/mol. The van der Waals surface area contributed by atoms with Gasteiger partial charge in [-0.1, -0.05) is 18.2 Å². The van der Waals surface area contributed by atoms with Crippen LogP contribution in [-0.2, 0) is 9.53 Å². The maximum atomic E-state index is 11.8. The molecule has 0 aliphatic rings. The average Bonchev–Trinajstić information content (AvgIpc) is 2.35. The second kappa shape index (κ2) is 7.30. The van der Waals surface area contributed by atoms with Crippen LogP contribution in [0.3, 0.4) is 0 Å². The third-order valence-electron chi connectivity index (χ3n) is 2.48. The molecule has 0 N–H and O–H groups in total. The zero-order valence-electron chi connectivity index (χ0n) is 10.3. The molecule has 0 unspecified atom stereocenters. The Morgan fingerprint density at radius 2 is 2.12 bits per heavy atom. The number of para-hydroxylation sites is 1. The number of amides is 1. The van der Waals surface area contributed by atoms with Crippen LogP contribution in [0.15, 0.2) is 24.3 Å². The number of hydrogen-bond donors (Lipinski definition) is 0. The van der Waals surface area contributed by atoms with E-state index in [1.165, 1.54) is 0 Å². The molecule has 0 heterocycles. The van der Waals surface area contributed by atoms with Gasteiger partial charge in [-0.05, 0) is 25.5 Å². The number of anilines is 1.